The first-order valence-corrected chi connectivity index (χ1v) is 6.27. The average molecular weight is 219 g/mol. The fraction of sp³-hybridized carbons (Fsp3) is 0.875. The molecule has 2 fully saturated rings. The van der Waals surface area contributed by atoms with Gasteiger partial charge in [0.1, 0.15) is 6.04 Å². The number of carboxylic acid groups (broad SMARTS) is 1. The Morgan fingerprint density at radius 1 is 1.29 bits per heavy atom. The summed E-state index contributed by atoms with van der Waals surface area (Å²) in [5.41, 5.74) is 0. The fourth-order valence-electron chi connectivity index (χ4n) is 1.85. The van der Waals surface area contributed by atoms with Gasteiger partial charge in [-0.15, -0.1) is 0 Å². The number of nitrogens with zero attached hydrogens (tertiary/aromatic N) is 1. The number of sulfonamides is 1. The van der Waals surface area contributed by atoms with E-state index in [0.717, 1.165) is 0 Å². The van der Waals surface area contributed by atoms with Gasteiger partial charge >= 0.3 is 5.97 Å². The minimum absolute atomic E-state index is 0.303. The van der Waals surface area contributed by atoms with Crippen LogP contribution in [-0.2, 0) is 14.8 Å². The molecular weight excluding hydrogens is 206 g/mol. The molecule has 1 atom stereocenters. The molecule has 1 N–H and O–H groups in total. The summed E-state index contributed by atoms with van der Waals surface area (Å²) in [7, 11) is -3.31. The Bertz CT molecular complexity index is 346. The van der Waals surface area contributed by atoms with Crippen LogP contribution in [0.5, 0.6) is 0 Å². The van der Waals surface area contributed by atoms with Crippen molar-refractivity contribution in [1.29, 1.82) is 0 Å². The van der Waals surface area contributed by atoms with E-state index in [9.17, 15) is 13.2 Å². The molecule has 2 aliphatic rings. The maximum Gasteiger partial charge on any atom is 0.322 e. The zero-order chi connectivity index (χ0) is 10.3. The second kappa shape index (κ2) is 3.20. The van der Waals surface area contributed by atoms with Crippen molar-refractivity contribution in [3.8, 4) is 0 Å². The predicted molar refractivity (Wildman–Crippen MR) is 49.3 cm³/mol. The van der Waals surface area contributed by atoms with Gasteiger partial charge in [-0.1, -0.05) is 0 Å². The molecule has 0 aromatic carbocycles. The fourth-order valence-corrected chi connectivity index (χ4v) is 3.90. The maximum absolute atomic E-state index is 11.8. The molecule has 2 rings (SSSR count). The lowest BCUT2D eigenvalue weighted by Crippen LogP contribution is -2.42. The number of hydrogen-bond acceptors (Lipinski definition) is 3. The topological polar surface area (TPSA) is 74.7 Å². The van der Waals surface area contributed by atoms with E-state index in [4.69, 9.17) is 5.11 Å². The van der Waals surface area contributed by atoms with E-state index in [0.29, 0.717) is 32.2 Å². The van der Waals surface area contributed by atoms with Crippen molar-refractivity contribution in [3.05, 3.63) is 0 Å². The SMILES string of the molecule is O=C(O)[C@@H]1CCCN1S(=O)(=O)C1CC1. The molecule has 0 aromatic heterocycles. The van der Waals surface area contributed by atoms with Crippen LogP contribution >= 0.6 is 0 Å². The Hall–Kier alpha value is -0.620. The van der Waals surface area contributed by atoms with Gasteiger partial charge < -0.3 is 5.11 Å². The molecule has 0 aromatic rings. The molecule has 1 aliphatic heterocycles. The highest BCUT2D eigenvalue weighted by Crippen LogP contribution is 2.34. The molecule has 1 saturated heterocycles. The summed E-state index contributed by atoms with van der Waals surface area (Å²) in [6, 6.07) is -0.819. The van der Waals surface area contributed by atoms with Crippen LogP contribution in [0, 0.1) is 0 Å². The summed E-state index contributed by atoms with van der Waals surface area (Å²) < 4.78 is 24.7. The second-order valence-electron chi connectivity index (χ2n) is 3.85. The highest BCUT2D eigenvalue weighted by molar-refractivity contribution is 7.90. The van der Waals surface area contributed by atoms with E-state index >= 15 is 0 Å². The first kappa shape index (κ1) is 9.92. The molecule has 0 spiro atoms. The molecule has 1 heterocycles. The maximum atomic E-state index is 11.8. The Morgan fingerprint density at radius 2 is 1.93 bits per heavy atom. The smallest absolute Gasteiger partial charge is 0.322 e. The normalized spacial score (nSPS) is 29.3. The summed E-state index contributed by atoms with van der Waals surface area (Å²) in [6.07, 6.45) is 2.47. The Balaban J connectivity index is 2.20. The van der Waals surface area contributed by atoms with Crippen LogP contribution < -0.4 is 0 Å². The minimum Gasteiger partial charge on any atom is -0.480 e. The third-order valence-electron chi connectivity index (χ3n) is 2.76. The van der Waals surface area contributed by atoms with Gasteiger partial charge in [0.2, 0.25) is 10.0 Å². The van der Waals surface area contributed by atoms with E-state index < -0.39 is 22.0 Å². The zero-order valence-corrected chi connectivity index (χ0v) is 8.53. The average Bonchev–Trinajstić information content (AvgIpc) is 2.82. The van der Waals surface area contributed by atoms with Crippen molar-refractivity contribution >= 4 is 16.0 Å². The highest BCUT2D eigenvalue weighted by atomic mass is 32.2. The van der Waals surface area contributed by atoms with E-state index in [2.05, 4.69) is 0 Å². The summed E-state index contributed by atoms with van der Waals surface area (Å²) in [5.74, 6) is -1.02. The molecule has 0 radical (unpaired) electrons. The van der Waals surface area contributed by atoms with Gasteiger partial charge in [-0.25, -0.2) is 8.42 Å². The molecule has 0 unspecified atom stereocenters. The Kier molecular flexibility index (Phi) is 2.27. The number of hydrogen-bond donors (Lipinski definition) is 1. The van der Waals surface area contributed by atoms with E-state index in [1.54, 1.807) is 0 Å². The van der Waals surface area contributed by atoms with Crippen molar-refractivity contribution in [2.24, 2.45) is 0 Å². The summed E-state index contributed by atoms with van der Waals surface area (Å²) >= 11 is 0. The lowest BCUT2D eigenvalue weighted by Gasteiger charge is -2.20. The molecule has 0 bridgehead atoms. The number of aliphatic carboxylic acids is 1. The molecule has 14 heavy (non-hydrogen) atoms. The first-order valence-electron chi connectivity index (χ1n) is 4.77. The van der Waals surface area contributed by atoms with Crippen molar-refractivity contribution in [2.45, 2.75) is 37.0 Å². The lowest BCUT2D eigenvalue weighted by molar-refractivity contribution is -0.140. The zero-order valence-electron chi connectivity index (χ0n) is 7.72. The van der Waals surface area contributed by atoms with Crippen molar-refractivity contribution in [3.63, 3.8) is 0 Å². The highest BCUT2D eigenvalue weighted by Gasteiger charge is 2.46. The Labute approximate surface area is 82.8 Å². The lowest BCUT2D eigenvalue weighted by atomic mass is 10.2. The van der Waals surface area contributed by atoms with Gasteiger partial charge in [0.05, 0.1) is 5.25 Å². The van der Waals surface area contributed by atoms with E-state index in [-0.39, 0.29) is 5.25 Å². The Morgan fingerprint density at radius 3 is 2.43 bits per heavy atom. The van der Waals surface area contributed by atoms with Crippen molar-refractivity contribution < 1.29 is 18.3 Å². The molecule has 1 aliphatic carbocycles. The third-order valence-corrected chi connectivity index (χ3v) is 5.17. The third kappa shape index (κ3) is 1.52. The van der Waals surface area contributed by atoms with Gasteiger partial charge in [-0.2, -0.15) is 4.31 Å². The van der Waals surface area contributed by atoms with E-state index in [1.807, 2.05) is 0 Å². The van der Waals surface area contributed by atoms with Crippen LogP contribution in [0.4, 0.5) is 0 Å². The quantitative estimate of drug-likeness (QED) is 0.726. The molecule has 80 valence electrons. The molecule has 0 amide bonds. The monoisotopic (exact) mass is 219 g/mol. The van der Waals surface area contributed by atoms with Crippen molar-refractivity contribution in [1.82, 2.24) is 4.31 Å². The van der Waals surface area contributed by atoms with Gasteiger partial charge in [0.25, 0.3) is 0 Å². The number of carboxylic acids is 1. The van der Waals surface area contributed by atoms with Gasteiger partial charge in [0.15, 0.2) is 0 Å². The van der Waals surface area contributed by atoms with Crippen LogP contribution in [0.15, 0.2) is 0 Å². The minimum atomic E-state index is -3.31. The van der Waals surface area contributed by atoms with Crippen molar-refractivity contribution in [2.75, 3.05) is 6.54 Å². The molecular formula is C8H13NO4S. The standard InChI is InChI=1S/C8H13NO4S/c10-8(11)7-2-1-5-9(7)14(12,13)6-3-4-6/h6-7H,1-5H2,(H,10,11)/t7-/m0/s1. The van der Waals surface area contributed by atoms with Crippen LogP contribution in [0.2, 0.25) is 0 Å². The van der Waals surface area contributed by atoms with Crippen LogP contribution in [0.25, 0.3) is 0 Å². The summed E-state index contributed by atoms with van der Waals surface area (Å²) in [4.78, 5) is 10.8. The molecule has 5 nitrogen and oxygen atoms in total. The van der Waals surface area contributed by atoms with E-state index in [1.165, 1.54) is 4.31 Å². The van der Waals surface area contributed by atoms with Crippen LogP contribution in [-0.4, -0.2) is 41.6 Å². The van der Waals surface area contributed by atoms with Gasteiger partial charge in [-0.3, -0.25) is 4.79 Å². The molecule has 6 heteroatoms. The largest absolute Gasteiger partial charge is 0.480 e. The summed E-state index contributed by atoms with van der Waals surface area (Å²) in [5, 5.41) is 8.54. The van der Waals surface area contributed by atoms with Gasteiger partial charge in [0, 0.05) is 6.54 Å². The summed E-state index contributed by atoms with van der Waals surface area (Å²) in [6.45, 7) is 0.371. The number of carbonyl (C=O) groups is 1. The molecule has 1 saturated carbocycles. The number of rotatable bonds is 3. The first-order chi connectivity index (χ1) is 6.53. The predicted octanol–water partition coefficient (Wildman–Crippen LogP) is 0.0276. The van der Waals surface area contributed by atoms with Crippen LogP contribution in [0.1, 0.15) is 25.7 Å². The van der Waals surface area contributed by atoms with Gasteiger partial charge in [-0.05, 0) is 25.7 Å². The van der Waals surface area contributed by atoms with Crippen LogP contribution in [0.3, 0.4) is 0 Å². The second-order valence-corrected chi connectivity index (χ2v) is 6.02.